The Hall–Kier alpha value is -0.820. The standard InChI is InChI=1S/C13H17N/c14-13-6-5-11(9-13)7-10-3-1-2-4-12(13)8-10/h1-3,8,11H,4-7,9,14H2. The highest BCUT2D eigenvalue weighted by molar-refractivity contribution is 5.40. The van der Waals surface area contributed by atoms with Crippen molar-refractivity contribution in [3.8, 4) is 0 Å². The summed E-state index contributed by atoms with van der Waals surface area (Å²) >= 11 is 0. The highest BCUT2D eigenvalue weighted by atomic mass is 14.8. The Morgan fingerprint density at radius 1 is 1.43 bits per heavy atom. The summed E-state index contributed by atoms with van der Waals surface area (Å²) in [5.74, 6) is 0.839. The lowest BCUT2D eigenvalue weighted by Gasteiger charge is -2.26. The molecular weight excluding hydrogens is 170 g/mol. The van der Waals surface area contributed by atoms with Gasteiger partial charge in [0, 0.05) is 5.54 Å². The smallest absolute Gasteiger partial charge is 0.0377 e. The van der Waals surface area contributed by atoms with E-state index in [1.807, 2.05) is 0 Å². The predicted molar refractivity (Wildman–Crippen MR) is 58.8 cm³/mol. The maximum atomic E-state index is 6.49. The quantitative estimate of drug-likeness (QED) is 0.620. The molecule has 0 amide bonds. The molecule has 2 unspecified atom stereocenters. The molecule has 0 saturated heterocycles. The van der Waals surface area contributed by atoms with Crippen molar-refractivity contribution in [3.05, 3.63) is 35.5 Å². The van der Waals surface area contributed by atoms with Gasteiger partial charge in [0.25, 0.3) is 0 Å². The van der Waals surface area contributed by atoms with E-state index in [1.165, 1.54) is 36.8 Å². The monoisotopic (exact) mass is 187 g/mol. The zero-order chi connectivity index (χ0) is 9.60. The van der Waals surface area contributed by atoms with Crippen LogP contribution in [0.15, 0.2) is 35.5 Å². The van der Waals surface area contributed by atoms with Crippen molar-refractivity contribution >= 4 is 0 Å². The minimum Gasteiger partial charge on any atom is -0.322 e. The zero-order valence-electron chi connectivity index (χ0n) is 8.50. The Morgan fingerprint density at radius 2 is 2.36 bits per heavy atom. The van der Waals surface area contributed by atoms with Crippen LogP contribution in [0.5, 0.6) is 0 Å². The fraction of sp³-hybridized carbons (Fsp3) is 0.538. The van der Waals surface area contributed by atoms with E-state index in [2.05, 4.69) is 24.3 Å². The summed E-state index contributed by atoms with van der Waals surface area (Å²) in [6.07, 6.45) is 15.1. The topological polar surface area (TPSA) is 26.0 Å². The van der Waals surface area contributed by atoms with Gasteiger partial charge in [-0.05, 0) is 49.2 Å². The van der Waals surface area contributed by atoms with Gasteiger partial charge in [-0.3, -0.25) is 0 Å². The van der Waals surface area contributed by atoms with Crippen LogP contribution in [0.3, 0.4) is 0 Å². The van der Waals surface area contributed by atoms with Gasteiger partial charge in [0.05, 0.1) is 0 Å². The lowest BCUT2D eigenvalue weighted by molar-refractivity contribution is 0.476. The molecule has 0 radical (unpaired) electrons. The van der Waals surface area contributed by atoms with Crippen molar-refractivity contribution in [2.24, 2.45) is 11.7 Å². The van der Waals surface area contributed by atoms with Crippen LogP contribution >= 0.6 is 0 Å². The van der Waals surface area contributed by atoms with Crippen LogP contribution in [0.4, 0.5) is 0 Å². The Bertz CT molecular complexity index is 348. The van der Waals surface area contributed by atoms with E-state index in [0.717, 1.165) is 12.3 Å². The van der Waals surface area contributed by atoms with Gasteiger partial charge in [-0.1, -0.05) is 24.3 Å². The maximum Gasteiger partial charge on any atom is 0.0377 e. The third-order valence-electron chi connectivity index (χ3n) is 3.96. The van der Waals surface area contributed by atoms with E-state index < -0.39 is 0 Å². The average Bonchev–Trinajstić information content (AvgIpc) is 2.40. The first kappa shape index (κ1) is 8.49. The van der Waals surface area contributed by atoms with Gasteiger partial charge in [-0.2, -0.15) is 0 Å². The second kappa shape index (κ2) is 2.83. The number of hydrogen-bond acceptors (Lipinski definition) is 1. The second-order valence-electron chi connectivity index (χ2n) is 5.01. The molecule has 14 heavy (non-hydrogen) atoms. The van der Waals surface area contributed by atoms with E-state index >= 15 is 0 Å². The van der Waals surface area contributed by atoms with Crippen molar-refractivity contribution in [1.82, 2.24) is 0 Å². The molecule has 1 heteroatoms. The Labute approximate surface area is 85.4 Å². The van der Waals surface area contributed by atoms with Crippen LogP contribution in [-0.2, 0) is 0 Å². The summed E-state index contributed by atoms with van der Waals surface area (Å²) in [7, 11) is 0. The van der Waals surface area contributed by atoms with Crippen LogP contribution in [-0.4, -0.2) is 5.54 Å². The van der Waals surface area contributed by atoms with E-state index in [9.17, 15) is 0 Å². The molecule has 2 N–H and O–H groups in total. The number of nitrogens with two attached hydrogens (primary N) is 1. The van der Waals surface area contributed by atoms with Gasteiger partial charge in [0.2, 0.25) is 0 Å². The fourth-order valence-corrected chi connectivity index (χ4v) is 3.17. The van der Waals surface area contributed by atoms with E-state index in [-0.39, 0.29) is 5.54 Å². The molecule has 0 aliphatic heterocycles. The molecule has 74 valence electrons. The summed E-state index contributed by atoms with van der Waals surface area (Å²) < 4.78 is 0. The molecule has 2 atom stereocenters. The maximum absolute atomic E-state index is 6.49. The second-order valence-corrected chi connectivity index (χ2v) is 5.01. The fourth-order valence-electron chi connectivity index (χ4n) is 3.17. The first-order valence-corrected chi connectivity index (χ1v) is 5.62. The van der Waals surface area contributed by atoms with Crippen LogP contribution in [0, 0.1) is 5.92 Å². The van der Waals surface area contributed by atoms with Gasteiger partial charge in [0.15, 0.2) is 0 Å². The minimum absolute atomic E-state index is 0.0366. The summed E-state index contributed by atoms with van der Waals surface area (Å²) in [6, 6.07) is 0. The molecule has 3 aliphatic carbocycles. The number of allylic oxidation sites excluding steroid dienone is 5. The zero-order valence-corrected chi connectivity index (χ0v) is 8.50. The molecule has 0 aromatic carbocycles. The molecular formula is C13H17N. The largest absolute Gasteiger partial charge is 0.322 e. The van der Waals surface area contributed by atoms with Gasteiger partial charge in [0.1, 0.15) is 0 Å². The molecule has 4 bridgehead atoms. The number of rotatable bonds is 0. The summed E-state index contributed by atoms with van der Waals surface area (Å²) in [6.45, 7) is 0. The number of fused-ring (bicyclic) bond motifs is 4. The lowest BCUT2D eigenvalue weighted by Crippen LogP contribution is -2.38. The van der Waals surface area contributed by atoms with Crippen molar-refractivity contribution in [2.75, 3.05) is 0 Å². The van der Waals surface area contributed by atoms with E-state index in [1.54, 1.807) is 0 Å². The van der Waals surface area contributed by atoms with Gasteiger partial charge >= 0.3 is 0 Å². The molecule has 0 aromatic heterocycles. The Kier molecular flexibility index (Phi) is 1.72. The summed E-state index contributed by atoms with van der Waals surface area (Å²) in [5, 5.41) is 0. The van der Waals surface area contributed by atoms with Crippen LogP contribution in [0.25, 0.3) is 0 Å². The molecule has 0 aromatic rings. The van der Waals surface area contributed by atoms with Gasteiger partial charge in [-0.25, -0.2) is 0 Å². The normalized spacial score (nSPS) is 39.9. The first-order chi connectivity index (χ1) is 6.76. The van der Waals surface area contributed by atoms with Gasteiger partial charge < -0.3 is 5.73 Å². The third kappa shape index (κ3) is 1.19. The molecule has 1 fully saturated rings. The SMILES string of the molecule is NC12CCC(CC3=CC=CCC1=C3)C2. The predicted octanol–water partition coefficient (Wildman–Crippen LogP) is 2.70. The Morgan fingerprint density at radius 3 is 3.29 bits per heavy atom. The highest BCUT2D eigenvalue weighted by Gasteiger charge is 2.40. The molecule has 1 nitrogen and oxygen atoms in total. The molecule has 0 heterocycles. The minimum atomic E-state index is 0.0366. The summed E-state index contributed by atoms with van der Waals surface area (Å²) in [4.78, 5) is 0. The summed E-state index contributed by atoms with van der Waals surface area (Å²) in [5.41, 5.74) is 9.49. The van der Waals surface area contributed by atoms with Crippen molar-refractivity contribution in [1.29, 1.82) is 0 Å². The van der Waals surface area contributed by atoms with Crippen LogP contribution < -0.4 is 5.73 Å². The first-order valence-electron chi connectivity index (χ1n) is 5.62. The third-order valence-corrected chi connectivity index (χ3v) is 3.96. The van der Waals surface area contributed by atoms with Crippen LogP contribution in [0.1, 0.15) is 32.1 Å². The molecule has 3 rings (SSSR count). The molecule has 0 spiro atoms. The highest BCUT2D eigenvalue weighted by Crippen LogP contribution is 2.45. The molecule has 1 saturated carbocycles. The van der Waals surface area contributed by atoms with Crippen molar-refractivity contribution in [3.63, 3.8) is 0 Å². The average molecular weight is 187 g/mol. The van der Waals surface area contributed by atoms with Crippen molar-refractivity contribution < 1.29 is 0 Å². The number of hydrogen-bond donors (Lipinski definition) is 1. The van der Waals surface area contributed by atoms with Crippen molar-refractivity contribution in [2.45, 2.75) is 37.6 Å². The van der Waals surface area contributed by atoms with Gasteiger partial charge in [-0.15, -0.1) is 0 Å². The van der Waals surface area contributed by atoms with E-state index in [0.29, 0.717) is 0 Å². The van der Waals surface area contributed by atoms with E-state index in [4.69, 9.17) is 5.73 Å². The lowest BCUT2D eigenvalue weighted by atomic mass is 9.87. The van der Waals surface area contributed by atoms with Crippen LogP contribution in [0.2, 0.25) is 0 Å². The Balaban J connectivity index is 2.09. The molecule has 3 aliphatic rings.